The predicted octanol–water partition coefficient (Wildman–Crippen LogP) is 3.31. The third-order valence-corrected chi connectivity index (χ3v) is 10.2. The topological polar surface area (TPSA) is 145 Å². The molecule has 0 unspecified atom stereocenters. The van der Waals surface area contributed by atoms with Gasteiger partial charge in [0.15, 0.2) is 15.5 Å². The summed E-state index contributed by atoms with van der Waals surface area (Å²) in [7, 11) is -3.56. The minimum atomic E-state index is -4.68. The average molecular weight is 655 g/mol. The van der Waals surface area contributed by atoms with Crippen LogP contribution in [-0.4, -0.2) is 77.5 Å². The molecule has 3 atom stereocenters. The second-order valence-corrected chi connectivity index (χ2v) is 13.8. The van der Waals surface area contributed by atoms with Crippen molar-refractivity contribution < 1.29 is 36.0 Å². The Morgan fingerprint density at radius 2 is 1.83 bits per heavy atom. The van der Waals surface area contributed by atoms with Crippen molar-refractivity contribution in [3.05, 3.63) is 77.0 Å². The van der Waals surface area contributed by atoms with Gasteiger partial charge in [0.1, 0.15) is 17.9 Å². The predicted molar refractivity (Wildman–Crippen MR) is 159 cm³/mol. The molecule has 1 saturated heterocycles. The Morgan fingerprint density at radius 3 is 2.46 bits per heavy atom. The lowest BCUT2D eigenvalue weighted by molar-refractivity contribution is -0.137. The fourth-order valence-electron chi connectivity index (χ4n) is 6.26. The number of hydrogen-bond donors (Lipinski definition) is 1. The van der Waals surface area contributed by atoms with Gasteiger partial charge in [0.2, 0.25) is 0 Å². The van der Waals surface area contributed by atoms with Crippen LogP contribution >= 0.6 is 0 Å². The molecule has 3 heterocycles. The molecule has 240 valence electrons. The molecule has 2 aromatic carbocycles. The number of alkyl halides is 3. The van der Waals surface area contributed by atoms with E-state index >= 15 is 0 Å². The lowest BCUT2D eigenvalue weighted by Crippen LogP contribution is -2.56. The molecule has 6 rings (SSSR count). The minimum absolute atomic E-state index is 0.0837. The number of halogens is 3. The van der Waals surface area contributed by atoms with Crippen LogP contribution in [-0.2, 0) is 20.8 Å². The van der Waals surface area contributed by atoms with Gasteiger partial charge >= 0.3 is 6.18 Å². The van der Waals surface area contributed by atoms with Crippen molar-refractivity contribution in [2.45, 2.75) is 43.9 Å². The molecule has 3 aromatic rings. The lowest BCUT2D eigenvalue weighted by Gasteiger charge is -2.39. The van der Waals surface area contributed by atoms with Crippen LogP contribution in [0.1, 0.15) is 57.7 Å². The van der Waals surface area contributed by atoms with Crippen LogP contribution in [0.5, 0.6) is 0 Å². The molecule has 1 saturated carbocycles. The zero-order valence-electron chi connectivity index (χ0n) is 24.6. The summed E-state index contributed by atoms with van der Waals surface area (Å²) in [4.78, 5) is 44.4. The molecule has 0 radical (unpaired) electrons. The van der Waals surface area contributed by atoms with Gasteiger partial charge in [-0.2, -0.15) is 23.5 Å². The molecule has 0 bridgehead atoms. The van der Waals surface area contributed by atoms with Crippen molar-refractivity contribution in [1.82, 2.24) is 20.0 Å². The van der Waals surface area contributed by atoms with E-state index in [-0.39, 0.29) is 36.0 Å². The molecule has 0 spiro atoms. The van der Waals surface area contributed by atoms with E-state index < -0.39 is 63.1 Å². The van der Waals surface area contributed by atoms with E-state index in [1.807, 2.05) is 6.07 Å². The van der Waals surface area contributed by atoms with Crippen molar-refractivity contribution >= 4 is 33.4 Å². The number of nitrogens with zero attached hydrogens (tertiary/aromatic N) is 5. The highest BCUT2D eigenvalue weighted by molar-refractivity contribution is 7.91. The van der Waals surface area contributed by atoms with Crippen molar-refractivity contribution in [3.63, 3.8) is 0 Å². The SMILES string of the molecule is CCN1C(=O)[C@@H](NC(=O)c2cccc(C(F)(F)F)c2)[C@@H](C2CC2)c2c(C(=O)N3CCS(=O)(=O)C[C@H]3C#N)nn(-c3ccccc3)c21. The zero-order chi connectivity index (χ0) is 33.0. The van der Waals surface area contributed by atoms with Crippen molar-refractivity contribution in [2.24, 2.45) is 5.92 Å². The number of benzene rings is 2. The third kappa shape index (κ3) is 5.61. The molecule has 1 aromatic heterocycles. The Hall–Kier alpha value is -4.71. The second kappa shape index (κ2) is 11.6. The molecule has 1 N–H and O–H groups in total. The monoisotopic (exact) mass is 654 g/mol. The Bertz CT molecular complexity index is 1870. The van der Waals surface area contributed by atoms with Gasteiger partial charge in [-0.1, -0.05) is 24.3 Å². The van der Waals surface area contributed by atoms with Crippen LogP contribution in [0.2, 0.25) is 0 Å². The van der Waals surface area contributed by atoms with Crippen LogP contribution in [0.4, 0.5) is 19.0 Å². The van der Waals surface area contributed by atoms with Gasteiger partial charge in [0, 0.05) is 30.1 Å². The molecule has 15 heteroatoms. The summed E-state index contributed by atoms with van der Waals surface area (Å²) in [6, 6.07) is 12.1. The molecule has 3 aliphatic rings. The first-order valence-electron chi connectivity index (χ1n) is 14.7. The largest absolute Gasteiger partial charge is 0.416 e. The number of nitriles is 1. The van der Waals surface area contributed by atoms with Gasteiger partial charge in [-0.15, -0.1) is 0 Å². The van der Waals surface area contributed by atoms with Crippen molar-refractivity contribution in [3.8, 4) is 11.8 Å². The number of para-hydroxylation sites is 1. The third-order valence-electron chi connectivity index (χ3n) is 8.61. The van der Waals surface area contributed by atoms with Crippen LogP contribution in [0.15, 0.2) is 54.6 Å². The first kappa shape index (κ1) is 31.3. The van der Waals surface area contributed by atoms with E-state index in [0.29, 0.717) is 36.0 Å². The van der Waals surface area contributed by atoms with Gasteiger partial charge in [0.05, 0.1) is 28.8 Å². The normalized spacial score (nSPS) is 22.6. The van der Waals surface area contributed by atoms with E-state index in [0.717, 1.165) is 12.1 Å². The number of hydrogen-bond acceptors (Lipinski definition) is 7. The van der Waals surface area contributed by atoms with Crippen LogP contribution in [0.3, 0.4) is 0 Å². The fourth-order valence-corrected chi connectivity index (χ4v) is 7.64. The molecule has 2 fully saturated rings. The van der Waals surface area contributed by atoms with E-state index in [9.17, 15) is 41.2 Å². The number of nitrogens with one attached hydrogen (secondary N) is 1. The summed E-state index contributed by atoms with van der Waals surface area (Å²) in [6.07, 6.45) is -3.36. The fraction of sp³-hybridized carbons (Fsp3) is 0.387. The smallest absolute Gasteiger partial charge is 0.340 e. The summed E-state index contributed by atoms with van der Waals surface area (Å²) in [6.45, 7) is 1.58. The summed E-state index contributed by atoms with van der Waals surface area (Å²) >= 11 is 0. The van der Waals surface area contributed by atoms with Crippen LogP contribution in [0.25, 0.3) is 5.69 Å². The van der Waals surface area contributed by atoms with E-state index in [1.54, 1.807) is 37.3 Å². The number of fused-ring (bicyclic) bond motifs is 1. The standard InChI is InChI=1S/C31H29F3N6O5S/c1-2-38-28-24(23(18-11-12-18)25(29(38)42)36-27(41)19-7-6-8-20(15-19)31(32,33)34)26(37-40(28)21-9-4-3-5-10-21)30(43)39-13-14-46(44,45)17-22(39)16-35/h3-10,15,18,22-23,25H,2,11-14,17H2,1H3,(H,36,41)/t22-,23+,25+/m1/s1. The Morgan fingerprint density at radius 1 is 1.11 bits per heavy atom. The number of amides is 3. The first-order chi connectivity index (χ1) is 21.8. The van der Waals surface area contributed by atoms with Gasteiger partial charge in [-0.05, 0) is 56.0 Å². The van der Waals surface area contributed by atoms with Crippen molar-refractivity contribution in [1.29, 1.82) is 5.26 Å². The molecular formula is C31H29F3N6O5S. The summed E-state index contributed by atoms with van der Waals surface area (Å²) < 4.78 is 66.3. The van der Waals surface area contributed by atoms with E-state index in [1.165, 1.54) is 20.5 Å². The molecule has 11 nitrogen and oxygen atoms in total. The number of aromatic nitrogens is 2. The number of carbonyl (C=O) groups is 3. The Balaban J connectivity index is 1.48. The maximum atomic E-state index is 14.3. The van der Waals surface area contributed by atoms with E-state index in [2.05, 4.69) is 10.4 Å². The minimum Gasteiger partial charge on any atom is -0.340 e. The highest BCUT2D eigenvalue weighted by atomic mass is 32.2. The van der Waals surface area contributed by atoms with Crippen LogP contribution < -0.4 is 10.2 Å². The average Bonchev–Trinajstić information content (AvgIpc) is 3.80. The molecule has 46 heavy (non-hydrogen) atoms. The maximum absolute atomic E-state index is 14.3. The van der Waals surface area contributed by atoms with E-state index in [4.69, 9.17) is 0 Å². The van der Waals surface area contributed by atoms with Crippen LogP contribution in [0, 0.1) is 17.2 Å². The summed E-state index contributed by atoms with van der Waals surface area (Å²) in [5, 5.41) is 17.1. The molecule has 1 aliphatic carbocycles. The lowest BCUT2D eigenvalue weighted by atomic mass is 9.82. The summed E-state index contributed by atoms with van der Waals surface area (Å²) in [5.74, 6) is -3.58. The van der Waals surface area contributed by atoms with Gasteiger partial charge in [0.25, 0.3) is 17.7 Å². The Labute approximate surface area is 262 Å². The summed E-state index contributed by atoms with van der Waals surface area (Å²) in [5.41, 5.74) is -0.493. The highest BCUT2D eigenvalue weighted by Crippen LogP contribution is 2.51. The number of sulfone groups is 1. The van der Waals surface area contributed by atoms with Gasteiger partial charge in [-0.25, -0.2) is 13.1 Å². The zero-order valence-corrected chi connectivity index (χ0v) is 25.4. The number of likely N-dealkylation sites (N-methyl/N-ethyl adjacent to an activating group) is 1. The Kier molecular flexibility index (Phi) is 7.87. The van der Waals surface area contributed by atoms with Gasteiger partial charge in [-0.3, -0.25) is 19.3 Å². The molecular weight excluding hydrogens is 625 g/mol. The first-order valence-corrected chi connectivity index (χ1v) is 16.6. The number of rotatable bonds is 6. The second-order valence-electron chi connectivity index (χ2n) is 11.6. The maximum Gasteiger partial charge on any atom is 0.416 e. The van der Waals surface area contributed by atoms with Crippen molar-refractivity contribution in [2.75, 3.05) is 29.5 Å². The highest BCUT2D eigenvalue weighted by Gasteiger charge is 2.52. The number of carbonyl (C=O) groups excluding carboxylic acids is 3. The number of anilines is 1. The quantitative estimate of drug-likeness (QED) is 0.429. The molecule has 2 aliphatic heterocycles. The van der Waals surface area contributed by atoms with Gasteiger partial charge < -0.3 is 10.2 Å². The molecule has 3 amide bonds.